The number of ketones is 1. The zero-order chi connectivity index (χ0) is 15.6. The molecule has 0 atom stereocenters. The van der Waals surface area contributed by atoms with Crippen LogP contribution in [0.15, 0.2) is 36.4 Å². The molecule has 0 aromatic heterocycles. The van der Waals surface area contributed by atoms with Gasteiger partial charge in [-0.1, -0.05) is 11.6 Å². The van der Waals surface area contributed by atoms with E-state index in [4.69, 9.17) is 16.3 Å². The molecule has 108 valence electrons. The third-order valence-corrected chi connectivity index (χ3v) is 2.89. The van der Waals surface area contributed by atoms with Crippen LogP contribution >= 0.6 is 11.6 Å². The lowest BCUT2D eigenvalue weighted by molar-refractivity contribution is -0.385. The van der Waals surface area contributed by atoms with Crippen molar-refractivity contribution in [2.24, 2.45) is 0 Å². The molecule has 2 rings (SSSR count). The van der Waals surface area contributed by atoms with Gasteiger partial charge in [0.2, 0.25) is 5.75 Å². The number of benzene rings is 2. The smallest absolute Gasteiger partial charge is 0.311 e. The van der Waals surface area contributed by atoms with Crippen molar-refractivity contribution in [1.82, 2.24) is 0 Å². The minimum absolute atomic E-state index is 0.00993. The second-order valence-electron chi connectivity index (χ2n) is 4.17. The van der Waals surface area contributed by atoms with Crippen LogP contribution in [0.5, 0.6) is 11.5 Å². The Bertz CT molecular complexity index is 733. The van der Waals surface area contributed by atoms with Gasteiger partial charge in [-0.25, -0.2) is 4.39 Å². The fraction of sp³-hybridized carbons (Fsp3) is 0.0714. The van der Waals surface area contributed by atoms with Crippen LogP contribution in [-0.2, 0) is 0 Å². The molecule has 0 radical (unpaired) electrons. The van der Waals surface area contributed by atoms with Crippen molar-refractivity contribution in [2.45, 2.75) is 6.92 Å². The SMILES string of the molecule is CC(=O)c1cc(F)ccc1Oc1cc(Cl)ccc1[N+](=O)[O-]. The van der Waals surface area contributed by atoms with Crippen LogP contribution < -0.4 is 4.74 Å². The van der Waals surface area contributed by atoms with E-state index in [1.807, 2.05) is 0 Å². The van der Waals surface area contributed by atoms with E-state index in [1.165, 1.54) is 31.2 Å². The number of ether oxygens (including phenoxy) is 1. The maximum atomic E-state index is 13.2. The van der Waals surface area contributed by atoms with Gasteiger partial charge in [-0.3, -0.25) is 14.9 Å². The number of nitro benzene ring substituents is 1. The standard InChI is InChI=1S/C14H9ClFNO4/c1-8(18)11-7-10(16)3-5-13(11)21-14-6-9(15)2-4-12(14)17(19)20/h2-7H,1H3. The topological polar surface area (TPSA) is 69.4 Å². The average Bonchev–Trinajstić information content (AvgIpc) is 2.40. The first-order valence-electron chi connectivity index (χ1n) is 5.81. The van der Waals surface area contributed by atoms with Gasteiger partial charge in [-0.05, 0) is 31.2 Å². The maximum absolute atomic E-state index is 13.2. The van der Waals surface area contributed by atoms with E-state index >= 15 is 0 Å². The van der Waals surface area contributed by atoms with E-state index in [0.717, 1.165) is 12.1 Å². The Balaban J connectivity index is 2.50. The molecule has 0 aliphatic rings. The summed E-state index contributed by atoms with van der Waals surface area (Å²) in [6.07, 6.45) is 0. The Morgan fingerprint density at radius 2 is 1.95 bits per heavy atom. The van der Waals surface area contributed by atoms with Crippen molar-refractivity contribution in [2.75, 3.05) is 0 Å². The molecular weight excluding hydrogens is 301 g/mol. The summed E-state index contributed by atoms with van der Waals surface area (Å²) in [6.45, 7) is 1.24. The predicted molar refractivity (Wildman–Crippen MR) is 74.6 cm³/mol. The van der Waals surface area contributed by atoms with Crippen molar-refractivity contribution < 1.29 is 18.8 Å². The summed E-state index contributed by atoms with van der Waals surface area (Å²) in [6, 6.07) is 7.13. The van der Waals surface area contributed by atoms with Gasteiger partial charge in [0.25, 0.3) is 0 Å². The summed E-state index contributed by atoms with van der Waals surface area (Å²) in [7, 11) is 0. The third kappa shape index (κ3) is 3.35. The van der Waals surface area contributed by atoms with Gasteiger partial charge < -0.3 is 4.74 Å². The van der Waals surface area contributed by atoms with Crippen LogP contribution in [0.25, 0.3) is 0 Å². The summed E-state index contributed by atoms with van der Waals surface area (Å²) < 4.78 is 18.6. The van der Waals surface area contributed by atoms with Crippen LogP contribution in [0, 0.1) is 15.9 Å². The van der Waals surface area contributed by atoms with Crippen molar-refractivity contribution in [1.29, 1.82) is 0 Å². The fourth-order valence-electron chi connectivity index (χ4n) is 1.71. The minimum atomic E-state index is -0.636. The molecule has 0 aliphatic carbocycles. The second kappa shape index (κ2) is 5.88. The van der Waals surface area contributed by atoms with Crippen LogP contribution in [0.2, 0.25) is 5.02 Å². The minimum Gasteiger partial charge on any atom is -0.449 e. The number of carbonyl (C=O) groups excluding carboxylic acids is 1. The molecule has 0 N–H and O–H groups in total. The molecule has 0 bridgehead atoms. The van der Waals surface area contributed by atoms with Gasteiger partial charge in [0, 0.05) is 17.2 Å². The van der Waals surface area contributed by atoms with Crippen LogP contribution in [0.3, 0.4) is 0 Å². The van der Waals surface area contributed by atoms with Gasteiger partial charge >= 0.3 is 5.69 Å². The third-order valence-electron chi connectivity index (χ3n) is 2.66. The van der Waals surface area contributed by atoms with Crippen LogP contribution in [0.4, 0.5) is 10.1 Å². The summed E-state index contributed by atoms with van der Waals surface area (Å²) in [5, 5.41) is 11.2. The fourth-order valence-corrected chi connectivity index (χ4v) is 1.87. The van der Waals surface area contributed by atoms with Gasteiger partial charge in [-0.2, -0.15) is 0 Å². The number of hydrogen-bond donors (Lipinski definition) is 0. The summed E-state index contributed by atoms with van der Waals surface area (Å²) in [4.78, 5) is 21.8. The molecule has 5 nitrogen and oxygen atoms in total. The summed E-state index contributed by atoms with van der Waals surface area (Å²) in [5.41, 5.74) is -0.317. The van der Waals surface area contributed by atoms with Crippen molar-refractivity contribution in [3.05, 3.63) is 62.9 Å². The molecule has 0 spiro atoms. The zero-order valence-corrected chi connectivity index (χ0v) is 11.6. The number of nitro groups is 1. The van der Waals surface area contributed by atoms with Gasteiger partial charge in [0.05, 0.1) is 10.5 Å². The first kappa shape index (κ1) is 14.9. The molecule has 0 unspecified atom stereocenters. The molecule has 0 fully saturated rings. The van der Waals surface area contributed by atoms with Gasteiger partial charge in [0.1, 0.15) is 11.6 Å². The van der Waals surface area contributed by atoms with E-state index in [9.17, 15) is 19.3 Å². The lowest BCUT2D eigenvalue weighted by Crippen LogP contribution is -2.00. The lowest BCUT2D eigenvalue weighted by Gasteiger charge is -2.10. The largest absolute Gasteiger partial charge is 0.449 e. The van der Waals surface area contributed by atoms with E-state index in [-0.39, 0.29) is 27.8 Å². The highest BCUT2D eigenvalue weighted by Crippen LogP contribution is 2.35. The Hall–Kier alpha value is -2.47. The zero-order valence-electron chi connectivity index (χ0n) is 10.8. The molecule has 21 heavy (non-hydrogen) atoms. The van der Waals surface area contributed by atoms with Crippen molar-refractivity contribution in [3.8, 4) is 11.5 Å². The normalized spacial score (nSPS) is 10.2. The Kier molecular flexibility index (Phi) is 4.18. The number of hydrogen-bond acceptors (Lipinski definition) is 4. The monoisotopic (exact) mass is 309 g/mol. The van der Waals surface area contributed by atoms with E-state index in [1.54, 1.807) is 0 Å². The number of Topliss-reactive ketones (excluding diaryl/α,β-unsaturated/α-hetero) is 1. The second-order valence-corrected chi connectivity index (χ2v) is 4.60. The quantitative estimate of drug-likeness (QED) is 0.477. The number of halogens is 2. The molecule has 2 aromatic carbocycles. The number of carbonyl (C=O) groups is 1. The van der Waals surface area contributed by atoms with Crippen molar-refractivity contribution >= 4 is 23.1 Å². The van der Waals surface area contributed by atoms with Crippen LogP contribution in [-0.4, -0.2) is 10.7 Å². The maximum Gasteiger partial charge on any atom is 0.311 e. The van der Waals surface area contributed by atoms with Gasteiger partial charge in [0.15, 0.2) is 5.78 Å². The highest BCUT2D eigenvalue weighted by molar-refractivity contribution is 6.30. The first-order chi connectivity index (χ1) is 9.88. The molecule has 0 aliphatic heterocycles. The molecule has 2 aromatic rings. The lowest BCUT2D eigenvalue weighted by atomic mass is 10.1. The van der Waals surface area contributed by atoms with E-state index < -0.39 is 16.5 Å². The molecule has 0 saturated carbocycles. The number of rotatable bonds is 4. The highest BCUT2D eigenvalue weighted by atomic mass is 35.5. The number of nitrogens with zero attached hydrogens (tertiary/aromatic N) is 1. The highest BCUT2D eigenvalue weighted by Gasteiger charge is 2.18. The molecule has 0 amide bonds. The average molecular weight is 310 g/mol. The molecule has 0 saturated heterocycles. The molecule has 0 heterocycles. The molecule has 7 heteroatoms. The van der Waals surface area contributed by atoms with Crippen LogP contribution in [0.1, 0.15) is 17.3 Å². The summed E-state index contributed by atoms with van der Waals surface area (Å²) in [5.74, 6) is -1.13. The van der Waals surface area contributed by atoms with Crippen molar-refractivity contribution in [3.63, 3.8) is 0 Å². The summed E-state index contributed by atoms with van der Waals surface area (Å²) >= 11 is 5.79. The van der Waals surface area contributed by atoms with E-state index in [2.05, 4.69) is 0 Å². The Morgan fingerprint density at radius 1 is 1.24 bits per heavy atom. The Morgan fingerprint density at radius 3 is 2.57 bits per heavy atom. The molecular formula is C14H9ClFNO4. The van der Waals surface area contributed by atoms with E-state index in [0.29, 0.717) is 0 Å². The predicted octanol–water partition coefficient (Wildman–Crippen LogP) is 4.38. The van der Waals surface area contributed by atoms with Gasteiger partial charge in [-0.15, -0.1) is 0 Å². The Labute approximate surface area is 124 Å². The first-order valence-corrected chi connectivity index (χ1v) is 6.18.